The highest BCUT2D eigenvalue weighted by Crippen LogP contribution is 2.44. The lowest BCUT2D eigenvalue weighted by Gasteiger charge is -2.23. The first-order valence-electron chi connectivity index (χ1n) is 6.54. The van der Waals surface area contributed by atoms with Crippen LogP contribution in [0.25, 0.3) is 0 Å². The Hall–Kier alpha value is -1.22. The molecule has 18 heavy (non-hydrogen) atoms. The Morgan fingerprint density at radius 2 is 2.17 bits per heavy atom. The Bertz CT molecular complexity index is 463. The number of carbonyl (C=O) groups excluding carboxylic acids is 1. The van der Waals surface area contributed by atoms with Gasteiger partial charge in [0.05, 0.1) is 0 Å². The molecule has 0 radical (unpaired) electrons. The Kier molecular flexibility index (Phi) is 3.16. The summed E-state index contributed by atoms with van der Waals surface area (Å²) in [4.78, 5) is 11.9. The fourth-order valence-electron chi connectivity index (χ4n) is 3.32. The molecule has 2 bridgehead atoms. The van der Waals surface area contributed by atoms with E-state index in [4.69, 9.17) is 11.6 Å². The van der Waals surface area contributed by atoms with Gasteiger partial charge in [0.2, 0.25) is 0 Å². The van der Waals surface area contributed by atoms with Crippen molar-refractivity contribution in [3.8, 4) is 0 Å². The van der Waals surface area contributed by atoms with E-state index in [9.17, 15) is 4.79 Å². The Morgan fingerprint density at radius 1 is 1.28 bits per heavy atom. The zero-order valence-corrected chi connectivity index (χ0v) is 10.9. The molecule has 2 aliphatic carbocycles. The molecule has 4 heteroatoms. The Morgan fingerprint density at radius 3 is 2.83 bits per heavy atom. The number of halogens is 1. The maximum atomic E-state index is 11.9. The van der Waals surface area contributed by atoms with E-state index < -0.39 is 0 Å². The zero-order chi connectivity index (χ0) is 12.5. The van der Waals surface area contributed by atoms with Crippen molar-refractivity contribution in [3.63, 3.8) is 0 Å². The SMILES string of the molecule is O=C(Nc1cccc(Cl)c1)N[C@H]1C[C@H]2CC[C@@H]1C2. The molecule has 2 amide bonds. The molecule has 96 valence electrons. The number of hydrogen-bond donors (Lipinski definition) is 2. The number of urea groups is 1. The standard InChI is InChI=1S/C14H17ClN2O/c15-11-2-1-3-12(8-11)16-14(18)17-13-7-9-4-5-10(13)6-9/h1-3,8-10,13H,4-7H2,(H2,16,17,18)/t9-,10+,13-/m0/s1. The van der Waals surface area contributed by atoms with Crippen LogP contribution >= 0.6 is 11.6 Å². The minimum Gasteiger partial charge on any atom is -0.335 e. The lowest BCUT2D eigenvalue weighted by molar-refractivity contribution is 0.242. The van der Waals surface area contributed by atoms with Gasteiger partial charge in [0.15, 0.2) is 0 Å². The van der Waals surface area contributed by atoms with E-state index in [1.54, 1.807) is 12.1 Å². The minimum atomic E-state index is -0.116. The fourth-order valence-corrected chi connectivity index (χ4v) is 3.51. The molecule has 2 fully saturated rings. The number of carbonyl (C=O) groups is 1. The number of benzene rings is 1. The van der Waals surface area contributed by atoms with E-state index in [0.717, 1.165) is 18.0 Å². The average molecular weight is 265 g/mol. The second-order valence-electron chi connectivity index (χ2n) is 5.39. The van der Waals surface area contributed by atoms with Gasteiger partial charge in [-0.2, -0.15) is 0 Å². The van der Waals surface area contributed by atoms with Crippen LogP contribution in [-0.4, -0.2) is 12.1 Å². The van der Waals surface area contributed by atoms with Gasteiger partial charge >= 0.3 is 6.03 Å². The molecule has 3 atom stereocenters. The number of amides is 2. The first kappa shape index (κ1) is 11.8. The van der Waals surface area contributed by atoms with E-state index in [1.807, 2.05) is 12.1 Å². The highest BCUT2D eigenvalue weighted by Gasteiger charge is 2.40. The van der Waals surface area contributed by atoms with Gasteiger partial charge < -0.3 is 10.6 Å². The van der Waals surface area contributed by atoms with Crippen LogP contribution in [0.15, 0.2) is 24.3 Å². The molecule has 0 heterocycles. The van der Waals surface area contributed by atoms with Gasteiger partial charge in [0, 0.05) is 16.8 Å². The van der Waals surface area contributed by atoms with Crippen LogP contribution in [0, 0.1) is 11.8 Å². The summed E-state index contributed by atoms with van der Waals surface area (Å²) < 4.78 is 0. The molecular weight excluding hydrogens is 248 g/mol. The predicted octanol–water partition coefficient (Wildman–Crippen LogP) is 3.65. The van der Waals surface area contributed by atoms with Crippen LogP contribution in [0.1, 0.15) is 25.7 Å². The summed E-state index contributed by atoms with van der Waals surface area (Å²) in [6, 6.07) is 7.46. The average Bonchev–Trinajstić information content (AvgIpc) is 2.90. The van der Waals surface area contributed by atoms with E-state index in [0.29, 0.717) is 17.0 Å². The van der Waals surface area contributed by atoms with E-state index in [-0.39, 0.29) is 6.03 Å². The number of anilines is 1. The number of nitrogens with one attached hydrogen (secondary N) is 2. The summed E-state index contributed by atoms with van der Waals surface area (Å²) in [5, 5.41) is 6.55. The molecule has 0 saturated heterocycles. The molecule has 2 N–H and O–H groups in total. The monoisotopic (exact) mass is 264 g/mol. The molecule has 1 aromatic rings. The molecule has 2 saturated carbocycles. The first-order valence-corrected chi connectivity index (χ1v) is 6.91. The summed E-state index contributed by atoms with van der Waals surface area (Å²) in [5.41, 5.74) is 0.739. The van der Waals surface area contributed by atoms with Crippen LogP contribution in [0.5, 0.6) is 0 Å². The molecule has 1 aromatic carbocycles. The maximum absolute atomic E-state index is 11.9. The van der Waals surface area contributed by atoms with Gasteiger partial charge in [0.1, 0.15) is 0 Å². The van der Waals surface area contributed by atoms with Crippen LogP contribution in [0.2, 0.25) is 5.02 Å². The van der Waals surface area contributed by atoms with Crippen LogP contribution in [0.4, 0.5) is 10.5 Å². The van der Waals surface area contributed by atoms with Crippen LogP contribution < -0.4 is 10.6 Å². The summed E-state index contributed by atoms with van der Waals surface area (Å²) in [6.45, 7) is 0. The van der Waals surface area contributed by atoms with Gasteiger partial charge in [-0.1, -0.05) is 24.1 Å². The largest absolute Gasteiger partial charge is 0.335 e. The fraction of sp³-hybridized carbons (Fsp3) is 0.500. The Labute approximate surface area is 112 Å². The summed E-state index contributed by atoms with van der Waals surface area (Å²) in [6.07, 6.45) is 5.06. The van der Waals surface area contributed by atoms with Gasteiger partial charge in [-0.3, -0.25) is 0 Å². The van der Waals surface area contributed by atoms with Gasteiger partial charge in [0.25, 0.3) is 0 Å². The molecule has 3 nitrogen and oxygen atoms in total. The molecule has 3 rings (SSSR count). The zero-order valence-electron chi connectivity index (χ0n) is 10.2. The van der Waals surface area contributed by atoms with Crippen molar-refractivity contribution >= 4 is 23.3 Å². The molecule has 0 aliphatic heterocycles. The number of fused-ring (bicyclic) bond motifs is 2. The van der Waals surface area contributed by atoms with Gasteiger partial charge in [-0.05, 0) is 49.3 Å². The van der Waals surface area contributed by atoms with E-state index >= 15 is 0 Å². The van der Waals surface area contributed by atoms with E-state index in [1.165, 1.54) is 19.3 Å². The second-order valence-corrected chi connectivity index (χ2v) is 5.83. The lowest BCUT2D eigenvalue weighted by Crippen LogP contribution is -2.40. The molecule has 0 unspecified atom stereocenters. The van der Waals surface area contributed by atoms with Gasteiger partial charge in [-0.25, -0.2) is 4.79 Å². The molecule has 0 spiro atoms. The molecule has 2 aliphatic rings. The smallest absolute Gasteiger partial charge is 0.319 e. The molecular formula is C14H17ClN2O. The van der Waals surface area contributed by atoms with Crippen molar-refractivity contribution < 1.29 is 4.79 Å². The maximum Gasteiger partial charge on any atom is 0.319 e. The topological polar surface area (TPSA) is 41.1 Å². The normalized spacial score (nSPS) is 29.3. The number of rotatable bonds is 2. The van der Waals surface area contributed by atoms with Crippen molar-refractivity contribution in [1.82, 2.24) is 5.32 Å². The van der Waals surface area contributed by atoms with Crippen molar-refractivity contribution in [2.24, 2.45) is 11.8 Å². The van der Waals surface area contributed by atoms with Crippen molar-refractivity contribution in [2.75, 3.05) is 5.32 Å². The highest BCUT2D eigenvalue weighted by molar-refractivity contribution is 6.30. The first-order chi connectivity index (χ1) is 8.70. The quantitative estimate of drug-likeness (QED) is 0.841. The minimum absolute atomic E-state index is 0.116. The third-order valence-electron chi connectivity index (χ3n) is 4.14. The second kappa shape index (κ2) is 4.81. The van der Waals surface area contributed by atoms with Crippen molar-refractivity contribution in [3.05, 3.63) is 29.3 Å². The predicted molar refractivity (Wildman–Crippen MR) is 72.8 cm³/mol. The van der Waals surface area contributed by atoms with Crippen molar-refractivity contribution in [2.45, 2.75) is 31.7 Å². The molecule has 0 aromatic heterocycles. The summed E-state index contributed by atoms with van der Waals surface area (Å²) >= 11 is 5.88. The van der Waals surface area contributed by atoms with Crippen LogP contribution in [-0.2, 0) is 0 Å². The van der Waals surface area contributed by atoms with Crippen molar-refractivity contribution in [1.29, 1.82) is 0 Å². The van der Waals surface area contributed by atoms with Gasteiger partial charge in [-0.15, -0.1) is 0 Å². The third kappa shape index (κ3) is 2.46. The summed E-state index contributed by atoms with van der Waals surface area (Å²) in [7, 11) is 0. The lowest BCUT2D eigenvalue weighted by atomic mass is 9.95. The summed E-state index contributed by atoms with van der Waals surface area (Å²) in [5.74, 6) is 1.53. The number of hydrogen-bond acceptors (Lipinski definition) is 1. The highest BCUT2D eigenvalue weighted by atomic mass is 35.5. The third-order valence-corrected chi connectivity index (χ3v) is 4.37. The Balaban J connectivity index is 1.56. The van der Waals surface area contributed by atoms with Crippen LogP contribution in [0.3, 0.4) is 0 Å². The van der Waals surface area contributed by atoms with E-state index in [2.05, 4.69) is 10.6 Å².